The van der Waals surface area contributed by atoms with E-state index in [1.54, 1.807) is 24.3 Å². The molecule has 0 aliphatic rings. The van der Waals surface area contributed by atoms with Gasteiger partial charge in [-0.1, -0.05) is 49.4 Å². The van der Waals surface area contributed by atoms with Gasteiger partial charge in [0.1, 0.15) is 17.5 Å². The van der Waals surface area contributed by atoms with Gasteiger partial charge in [-0.2, -0.15) is 0 Å². The van der Waals surface area contributed by atoms with Crippen LogP contribution in [0, 0.1) is 0 Å². The summed E-state index contributed by atoms with van der Waals surface area (Å²) in [5, 5.41) is 8.32. The number of esters is 1. The van der Waals surface area contributed by atoms with Gasteiger partial charge in [0.05, 0.1) is 18.8 Å². The minimum Gasteiger partial charge on any atom is -0.755 e. The van der Waals surface area contributed by atoms with E-state index in [0.717, 1.165) is 23.2 Å². The van der Waals surface area contributed by atoms with Crippen LogP contribution < -0.4 is 15.4 Å². The van der Waals surface area contributed by atoms with Gasteiger partial charge in [-0.05, 0) is 36.1 Å². The van der Waals surface area contributed by atoms with Gasteiger partial charge in [-0.15, -0.1) is 11.3 Å². The van der Waals surface area contributed by atoms with Crippen molar-refractivity contribution in [2.45, 2.75) is 44.7 Å². The molecule has 3 atom stereocenters. The van der Waals surface area contributed by atoms with Crippen molar-refractivity contribution in [1.82, 2.24) is 15.6 Å². The van der Waals surface area contributed by atoms with Crippen LogP contribution in [0.4, 0.5) is 5.69 Å². The van der Waals surface area contributed by atoms with Crippen LogP contribution in [0.5, 0.6) is 0 Å². The third-order valence-corrected chi connectivity index (χ3v) is 7.02. The number of methoxy groups -OCH3 is 1. The van der Waals surface area contributed by atoms with E-state index in [2.05, 4.69) is 25.1 Å². The Kier molecular flexibility index (Phi) is 10.9. The standard InChI is InChI=1S/C26H30N4O6S2/c1-3-19-16-37-26(27-19)22(14-18-9-11-20(12-10-18)30-38(34)35)29-25(33)21(13-17-7-5-4-6-8-17)28-23(31)15-24(32)36-2/h4-12,16,21-22,30H,3,13-15H2,1-2H3,(H,28,31)(H,29,33)(H,34,35)/p-1/t21-,22-/m0/s1. The number of nitrogens with one attached hydrogen (secondary N) is 3. The maximum Gasteiger partial charge on any atom is 0.315 e. The number of hydrogen-bond donors (Lipinski definition) is 3. The lowest BCUT2D eigenvalue weighted by atomic mass is 10.0. The Labute approximate surface area is 227 Å². The van der Waals surface area contributed by atoms with Gasteiger partial charge in [-0.25, -0.2) is 4.98 Å². The van der Waals surface area contributed by atoms with E-state index < -0.39 is 47.6 Å². The fourth-order valence-corrected chi connectivity index (χ4v) is 4.95. The highest BCUT2D eigenvalue weighted by Crippen LogP contribution is 2.24. The van der Waals surface area contributed by atoms with Crippen LogP contribution in [-0.4, -0.2) is 44.7 Å². The van der Waals surface area contributed by atoms with Crippen LogP contribution in [0.25, 0.3) is 0 Å². The summed E-state index contributed by atoms with van der Waals surface area (Å²) in [6.07, 6.45) is 0.845. The molecule has 12 heteroatoms. The maximum absolute atomic E-state index is 13.5. The SMILES string of the molecule is CCc1csc([C@H](Cc2ccc(NS(=O)[O-])cc2)NC(=O)[C@H](Cc2ccccc2)NC(=O)CC(=O)OC)n1. The first-order valence-electron chi connectivity index (χ1n) is 11.9. The van der Waals surface area contributed by atoms with E-state index in [-0.39, 0.29) is 6.42 Å². The van der Waals surface area contributed by atoms with Crippen LogP contribution in [0.15, 0.2) is 60.0 Å². The molecule has 3 N–H and O–H groups in total. The summed E-state index contributed by atoms with van der Waals surface area (Å²) in [6.45, 7) is 1.99. The summed E-state index contributed by atoms with van der Waals surface area (Å²) in [5.74, 6) is -1.75. The third-order valence-electron chi connectivity index (χ3n) is 5.61. The zero-order chi connectivity index (χ0) is 27.5. The molecule has 1 aromatic heterocycles. The van der Waals surface area contributed by atoms with Crippen LogP contribution in [-0.2, 0) is 49.6 Å². The van der Waals surface area contributed by atoms with Crippen molar-refractivity contribution in [1.29, 1.82) is 0 Å². The second kappa shape index (κ2) is 14.4. The lowest BCUT2D eigenvalue weighted by molar-refractivity contribution is -0.144. The molecule has 38 heavy (non-hydrogen) atoms. The van der Waals surface area contributed by atoms with Crippen molar-refractivity contribution in [2.75, 3.05) is 11.8 Å². The predicted octanol–water partition coefficient (Wildman–Crippen LogP) is 2.60. The molecule has 2 amide bonds. The van der Waals surface area contributed by atoms with E-state index in [4.69, 9.17) is 0 Å². The molecule has 3 rings (SSSR count). The van der Waals surface area contributed by atoms with Gasteiger partial charge < -0.3 is 24.6 Å². The average molecular weight is 558 g/mol. The Balaban J connectivity index is 1.82. The average Bonchev–Trinajstić information content (AvgIpc) is 3.38. The van der Waals surface area contributed by atoms with Crippen molar-refractivity contribution in [3.8, 4) is 0 Å². The lowest BCUT2D eigenvalue weighted by Crippen LogP contribution is -2.49. The Bertz CT molecular complexity index is 1250. The number of hydrogen-bond acceptors (Lipinski definition) is 8. The molecule has 1 unspecified atom stereocenters. The van der Waals surface area contributed by atoms with Gasteiger partial charge in [0.2, 0.25) is 11.8 Å². The van der Waals surface area contributed by atoms with Crippen molar-refractivity contribution >= 4 is 46.1 Å². The highest BCUT2D eigenvalue weighted by Gasteiger charge is 2.27. The first kappa shape index (κ1) is 29.0. The number of anilines is 1. The fourth-order valence-electron chi connectivity index (χ4n) is 3.67. The van der Waals surface area contributed by atoms with Gasteiger partial charge in [0.15, 0.2) is 0 Å². The molecular weight excluding hydrogens is 528 g/mol. The van der Waals surface area contributed by atoms with E-state index in [0.29, 0.717) is 17.1 Å². The van der Waals surface area contributed by atoms with Crippen LogP contribution in [0.1, 0.15) is 41.2 Å². The number of nitrogens with zero attached hydrogens (tertiary/aromatic N) is 1. The summed E-state index contributed by atoms with van der Waals surface area (Å²) < 4.78 is 28.7. The third kappa shape index (κ3) is 9.05. The second-order valence-corrected chi connectivity index (χ2v) is 9.96. The zero-order valence-corrected chi connectivity index (χ0v) is 22.6. The van der Waals surface area contributed by atoms with Crippen LogP contribution >= 0.6 is 11.3 Å². The Morgan fingerprint density at radius 1 is 1.03 bits per heavy atom. The molecule has 0 saturated heterocycles. The molecular formula is C26H29N4O6S2-. The summed E-state index contributed by atoms with van der Waals surface area (Å²) in [4.78, 5) is 42.2. The highest BCUT2D eigenvalue weighted by atomic mass is 32.2. The van der Waals surface area contributed by atoms with Gasteiger partial charge in [0.25, 0.3) is 0 Å². The van der Waals surface area contributed by atoms with E-state index in [9.17, 15) is 23.1 Å². The normalized spacial score (nSPS) is 13.1. The van der Waals surface area contributed by atoms with Gasteiger partial charge in [0, 0.05) is 28.8 Å². The van der Waals surface area contributed by atoms with Crippen LogP contribution in [0.2, 0.25) is 0 Å². The first-order chi connectivity index (χ1) is 18.3. The highest BCUT2D eigenvalue weighted by molar-refractivity contribution is 7.80. The number of benzene rings is 2. The van der Waals surface area contributed by atoms with Crippen molar-refractivity contribution in [3.63, 3.8) is 0 Å². The smallest absolute Gasteiger partial charge is 0.315 e. The number of rotatable bonds is 13. The molecule has 1 heterocycles. The molecule has 0 aliphatic carbocycles. The molecule has 3 aromatic rings. The van der Waals surface area contributed by atoms with E-state index in [1.807, 2.05) is 42.6 Å². The maximum atomic E-state index is 13.5. The molecule has 202 valence electrons. The molecule has 0 bridgehead atoms. The van der Waals surface area contributed by atoms with Crippen molar-refractivity contribution in [3.05, 3.63) is 81.8 Å². The Morgan fingerprint density at radius 3 is 2.32 bits per heavy atom. The minimum absolute atomic E-state index is 0.219. The molecule has 0 radical (unpaired) electrons. The molecule has 0 spiro atoms. The molecule has 0 aliphatic heterocycles. The number of carbonyl (C=O) groups is 3. The Morgan fingerprint density at radius 2 is 1.71 bits per heavy atom. The summed E-state index contributed by atoms with van der Waals surface area (Å²) >= 11 is -1.00. The number of aromatic nitrogens is 1. The fraction of sp³-hybridized carbons (Fsp3) is 0.308. The number of amides is 2. The van der Waals surface area contributed by atoms with Crippen molar-refractivity contribution in [2.24, 2.45) is 0 Å². The topological polar surface area (TPSA) is 150 Å². The zero-order valence-electron chi connectivity index (χ0n) is 21.0. The van der Waals surface area contributed by atoms with E-state index >= 15 is 0 Å². The summed E-state index contributed by atoms with van der Waals surface area (Å²) in [6, 6.07) is 14.6. The molecule has 0 saturated carbocycles. The minimum atomic E-state index is -2.43. The van der Waals surface area contributed by atoms with E-state index in [1.165, 1.54) is 18.4 Å². The quantitative estimate of drug-likeness (QED) is 0.166. The van der Waals surface area contributed by atoms with Gasteiger partial charge >= 0.3 is 5.97 Å². The number of carbonyl (C=O) groups excluding carboxylic acids is 3. The second-order valence-electron chi connectivity index (χ2n) is 8.39. The monoisotopic (exact) mass is 557 g/mol. The molecule has 2 aromatic carbocycles. The summed E-state index contributed by atoms with van der Waals surface area (Å²) in [5.41, 5.74) is 3.00. The number of ether oxygens (including phenoxy) is 1. The van der Waals surface area contributed by atoms with Crippen LogP contribution in [0.3, 0.4) is 0 Å². The lowest BCUT2D eigenvalue weighted by Gasteiger charge is -2.23. The number of aryl methyl sites for hydroxylation is 1. The molecule has 10 nitrogen and oxygen atoms in total. The Hall–Kier alpha value is -3.61. The van der Waals surface area contributed by atoms with Crippen molar-refractivity contribution < 1.29 is 27.9 Å². The molecule has 0 fully saturated rings. The predicted molar refractivity (Wildman–Crippen MR) is 144 cm³/mol. The van der Waals surface area contributed by atoms with Gasteiger partial charge in [-0.3, -0.25) is 18.6 Å². The number of thiazole rings is 1. The summed E-state index contributed by atoms with van der Waals surface area (Å²) in [7, 11) is 1.19. The largest absolute Gasteiger partial charge is 0.755 e. The first-order valence-corrected chi connectivity index (χ1v) is 13.8.